The first kappa shape index (κ1) is 14.5. The highest BCUT2D eigenvalue weighted by molar-refractivity contribution is 6.30. The van der Waals surface area contributed by atoms with Crippen LogP contribution in [0.2, 0.25) is 5.02 Å². The van der Waals surface area contributed by atoms with Gasteiger partial charge in [0.15, 0.2) is 0 Å². The van der Waals surface area contributed by atoms with Gasteiger partial charge >= 0.3 is 0 Å². The highest BCUT2D eigenvalue weighted by Gasteiger charge is 2.09. The molecular formula is C14H21ClFN. The zero-order chi connectivity index (χ0) is 12.7. The van der Waals surface area contributed by atoms with E-state index in [9.17, 15) is 4.39 Å². The molecule has 0 aromatic heterocycles. The van der Waals surface area contributed by atoms with E-state index in [0.29, 0.717) is 5.92 Å². The third kappa shape index (κ3) is 5.05. The van der Waals surface area contributed by atoms with E-state index in [0.717, 1.165) is 25.1 Å². The summed E-state index contributed by atoms with van der Waals surface area (Å²) in [4.78, 5) is 0. The van der Waals surface area contributed by atoms with Crippen molar-refractivity contribution in [1.82, 2.24) is 5.32 Å². The number of nitrogens with one attached hydrogen (secondary N) is 1. The third-order valence-electron chi connectivity index (χ3n) is 2.89. The van der Waals surface area contributed by atoms with Crippen LogP contribution in [0.3, 0.4) is 0 Å². The normalized spacial score (nSPS) is 12.7. The summed E-state index contributed by atoms with van der Waals surface area (Å²) >= 11 is 5.79. The molecule has 1 aromatic carbocycles. The minimum atomic E-state index is -0.339. The molecule has 1 N–H and O–H groups in total. The van der Waals surface area contributed by atoms with Gasteiger partial charge in [-0.15, -0.1) is 0 Å². The average Bonchev–Trinajstić information content (AvgIpc) is 2.31. The largest absolute Gasteiger partial charge is 0.317 e. The molecule has 1 rings (SSSR count). The molecule has 17 heavy (non-hydrogen) atoms. The predicted octanol–water partition coefficient (Wildman–Crippen LogP) is 4.05. The van der Waals surface area contributed by atoms with Gasteiger partial charge in [-0.2, -0.15) is 0 Å². The van der Waals surface area contributed by atoms with Gasteiger partial charge in [-0.1, -0.05) is 37.9 Å². The van der Waals surface area contributed by atoms with E-state index in [4.69, 9.17) is 11.6 Å². The summed E-state index contributed by atoms with van der Waals surface area (Å²) < 4.78 is 13.0. The van der Waals surface area contributed by atoms with Crippen molar-refractivity contribution in [3.63, 3.8) is 0 Å². The first-order valence-corrected chi connectivity index (χ1v) is 6.69. The minimum absolute atomic E-state index is 0.223. The summed E-state index contributed by atoms with van der Waals surface area (Å²) in [6.45, 7) is 6.30. The molecule has 0 aliphatic carbocycles. The highest BCUT2D eigenvalue weighted by Crippen LogP contribution is 2.20. The monoisotopic (exact) mass is 257 g/mol. The fourth-order valence-electron chi connectivity index (χ4n) is 2.03. The lowest BCUT2D eigenvalue weighted by molar-refractivity contribution is 0.444. The Labute approximate surface area is 108 Å². The lowest BCUT2D eigenvalue weighted by Crippen LogP contribution is -2.24. The van der Waals surface area contributed by atoms with E-state index in [1.807, 2.05) is 6.07 Å². The summed E-state index contributed by atoms with van der Waals surface area (Å²) in [6.07, 6.45) is 3.31. The number of rotatable bonds is 7. The SMILES string of the molecule is CCCC(CNCC)Cc1ccc(F)c(Cl)c1. The molecule has 0 radical (unpaired) electrons. The molecule has 0 aliphatic heterocycles. The fraction of sp³-hybridized carbons (Fsp3) is 0.571. The molecule has 0 amide bonds. The minimum Gasteiger partial charge on any atom is -0.317 e. The van der Waals surface area contributed by atoms with Gasteiger partial charge in [-0.25, -0.2) is 4.39 Å². The van der Waals surface area contributed by atoms with Crippen molar-refractivity contribution in [3.05, 3.63) is 34.6 Å². The first-order valence-electron chi connectivity index (χ1n) is 6.32. The van der Waals surface area contributed by atoms with Crippen molar-refractivity contribution in [2.75, 3.05) is 13.1 Å². The Morgan fingerprint density at radius 2 is 2.12 bits per heavy atom. The van der Waals surface area contributed by atoms with E-state index in [2.05, 4.69) is 19.2 Å². The summed E-state index contributed by atoms with van der Waals surface area (Å²) in [7, 11) is 0. The van der Waals surface area contributed by atoms with Crippen LogP contribution in [0.15, 0.2) is 18.2 Å². The van der Waals surface area contributed by atoms with E-state index < -0.39 is 0 Å². The molecule has 3 heteroatoms. The molecule has 1 atom stereocenters. The van der Waals surface area contributed by atoms with Crippen molar-refractivity contribution < 1.29 is 4.39 Å². The van der Waals surface area contributed by atoms with Gasteiger partial charge in [0.1, 0.15) is 5.82 Å². The zero-order valence-corrected chi connectivity index (χ0v) is 11.4. The third-order valence-corrected chi connectivity index (χ3v) is 3.18. The van der Waals surface area contributed by atoms with Crippen molar-refractivity contribution in [3.8, 4) is 0 Å². The number of benzene rings is 1. The van der Waals surface area contributed by atoms with Crippen molar-refractivity contribution >= 4 is 11.6 Å². The number of halogens is 2. The first-order chi connectivity index (χ1) is 8.17. The van der Waals surface area contributed by atoms with E-state index in [-0.39, 0.29) is 10.8 Å². The quantitative estimate of drug-likeness (QED) is 0.777. The Morgan fingerprint density at radius 1 is 1.35 bits per heavy atom. The second-order valence-corrected chi connectivity index (χ2v) is 4.82. The molecule has 0 bridgehead atoms. The van der Waals surface area contributed by atoms with Crippen LogP contribution in [0.4, 0.5) is 4.39 Å². The zero-order valence-electron chi connectivity index (χ0n) is 10.6. The van der Waals surface area contributed by atoms with E-state index in [1.165, 1.54) is 18.9 Å². The molecule has 0 saturated heterocycles. The van der Waals surface area contributed by atoms with Gasteiger partial charge in [0, 0.05) is 0 Å². The van der Waals surface area contributed by atoms with Gasteiger partial charge in [-0.3, -0.25) is 0 Å². The fourth-order valence-corrected chi connectivity index (χ4v) is 2.24. The lowest BCUT2D eigenvalue weighted by atomic mass is 9.95. The maximum absolute atomic E-state index is 13.0. The van der Waals surface area contributed by atoms with Gasteiger partial charge in [0.05, 0.1) is 5.02 Å². The van der Waals surface area contributed by atoms with Crippen LogP contribution >= 0.6 is 11.6 Å². The lowest BCUT2D eigenvalue weighted by Gasteiger charge is -2.16. The molecule has 0 heterocycles. The van der Waals surface area contributed by atoms with Gasteiger partial charge < -0.3 is 5.32 Å². The topological polar surface area (TPSA) is 12.0 Å². The van der Waals surface area contributed by atoms with Crippen molar-refractivity contribution in [1.29, 1.82) is 0 Å². The van der Waals surface area contributed by atoms with Crippen LogP contribution in [0.25, 0.3) is 0 Å². The molecule has 0 saturated carbocycles. The summed E-state index contributed by atoms with van der Waals surface area (Å²) in [5, 5.41) is 3.60. The number of hydrogen-bond acceptors (Lipinski definition) is 1. The van der Waals surface area contributed by atoms with E-state index >= 15 is 0 Å². The highest BCUT2D eigenvalue weighted by atomic mass is 35.5. The van der Waals surface area contributed by atoms with Crippen LogP contribution in [0.5, 0.6) is 0 Å². The number of hydrogen-bond donors (Lipinski definition) is 1. The van der Waals surface area contributed by atoms with Crippen LogP contribution in [0.1, 0.15) is 32.3 Å². The second-order valence-electron chi connectivity index (χ2n) is 4.41. The predicted molar refractivity (Wildman–Crippen MR) is 72.1 cm³/mol. The average molecular weight is 258 g/mol. The summed E-state index contributed by atoms with van der Waals surface area (Å²) in [5.41, 5.74) is 1.12. The molecule has 1 nitrogen and oxygen atoms in total. The van der Waals surface area contributed by atoms with Crippen molar-refractivity contribution in [2.45, 2.75) is 33.1 Å². The molecule has 1 aromatic rings. The summed E-state index contributed by atoms with van der Waals surface area (Å²) in [5.74, 6) is 0.260. The Hall–Kier alpha value is -0.600. The molecule has 0 aliphatic rings. The van der Waals surface area contributed by atoms with Crippen LogP contribution in [-0.2, 0) is 6.42 Å². The Bertz CT molecular complexity index is 341. The van der Waals surface area contributed by atoms with Gasteiger partial charge in [0.25, 0.3) is 0 Å². The molecule has 96 valence electrons. The standard InChI is InChI=1S/C14H21ClFN/c1-3-5-12(10-17-4-2)8-11-6-7-14(16)13(15)9-11/h6-7,9,12,17H,3-5,8,10H2,1-2H3. The van der Waals surface area contributed by atoms with Gasteiger partial charge in [0.2, 0.25) is 0 Å². The second kappa shape index (κ2) is 7.67. The van der Waals surface area contributed by atoms with Crippen LogP contribution in [0, 0.1) is 11.7 Å². The summed E-state index contributed by atoms with van der Waals surface area (Å²) in [6, 6.07) is 5.02. The maximum Gasteiger partial charge on any atom is 0.141 e. The Kier molecular flexibility index (Phi) is 6.53. The van der Waals surface area contributed by atoms with Crippen LogP contribution < -0.4 is 5.32 Å². The van der Waals surface area contributed by atoms with Gasteiger partial charge in [-0.05, 0) is 49.5 Å². The van der Waals surface area contributed by atoms with Crippen LogP contribution in [-0.4, -0.2) is 13.1 Å². The molecular weight excluding hydrogens is 237 g/mol. The Balaban J connectivity index is 2.61. The Morgan fingerprint density at radius 3 is 2.71 bits per heavy atom. The maximum atomic E-state index is 13.0. The molecule has 0 fully saturated rings. The molecule has 1 unspecified atom stereocenters. The van der Waals surface area contributed by atoms with Crippen molar-refractivity contribution in [2.24, 2.45) is 5.92 Å². The molecule has 0 spiro atoms. The van der Waals surface area contributed by atoms with E-state index in [1.54, 1.807) is 6.07 Å². The smallest absolute Gasteiger partial charge is 0.141 e.